The predicted octanol–water partition coefficient (Wildman–Crippen LogP) is 3.04. The molecule has 1 aliphatic rings. The maximum absolute atomic E-state index is 11.4. The Labute approximate surface area is 109 Å². The Hall–Kier alpha value is -0.870. The molecule has 0 bridgehead atoms. The van der Waals surface area contributed by atoms with Crippen LogP contribution in [0.1, 0.15) is 24.8 Å². The van der Waals surface area contributed by atoms with Gasteiger partial charge in [-0.2, -0.15) is 0 Å². The third-order valence-electron chi connectivity index (χ3n) is 3.17. The highest BCUT2D eigenvalue weighted by molar-refractivity contribution is 9.10. The maximum Gasteiger partial charge on any atom is 0.310 e. The van der Waals surface area contributed by atoms with Gasteiger partial charge >= 0.3 is 5.97 Å². The van der Waals surface area contributed by atoms with E-state index in [1.54, 1.807) is 0 Å². The molecule has 1 N–H and O–H groups in total. The fraction of sp³-hybridized carbons (Fsp3) is 0.462. The van der Waals surface area contributed by atoms with E-state index in [-0.39, 0.29) is 5.41 Å². The van der Waals surface area contributed by atoms with Gasteiger partial charge in [0.05, 0.1) is 19.1 Å². The molecular weight excluding hydrogens is 284 g/mol. The van der Waals surface area contributed by atoms with E-state index in [2.05, 4.69) is 22.9 Å². The average Bonchev–Trinajstić information content (AvgIpc) is 2.24. The summed E-state index contributed by atoms with van der Waals surface area (Å²) < 4.78 is 6.13. The van der Waals surface area contributed by atoms with Gasteiger partial charge in [-0.15, -0.1) is 0 Å². The van der Waals surface area contributed by atoms with Gasteiger partial charge in [-0.1, -0.05) is 35.0 Å². The van der Waals surface area contributed by atoms with Crippen LogP contribution in [0, 0.1) is 5.41 Å². The molecule has 3 nitrogen and oxygen atoms in total. The van der Waals surface area contributed by atoms with Crippen LogP contribution in [0.2, 0.25) is 0 Å². The summed E-state index contributed by atoms with van der Waals surface area (Å²) in [5, 5.41) is 9.33. The van der Waals surface area contributed by atoms with E-state index in [1.165, 1.54) is 0 Å². The van der Waals surface area contributed by atoms with Crippen LogP contribution < -0.4 is 0 Å². The summed E-state index contributed by atoms with van der Waals surface area (Å²) in [5.74, 6) is -1.21. The first-order valence-corrected chi connectivity index (χ1v) is 6.35. The molecule has 92 valence electrons. The molecule has 17 heavy (non-hydrogen) atoms. The third kappa shape index (κ3) is 2.87. The first-order valence-electron chi connectivity index (χ1n) is 5.56. The Kier molecular flexibility index (Phi) is 3.54. The highest BCUT2D eigenvalue weighted by Gasteiger charge is 2.38. The van der Waals surface area contributed by atoms with Gasteiger partial charge in [0.2, 0.25) is 0 Å². The van der Waals surface area contributed by atoms with E-state index in [4.69, 9.17) is 4.74 Å². The Morgan fingerprint density at radius 2 is 2.06 bits per heavy atom. The Morgan fingerprint density at radius 1 is 1.47 bits per heavy atom. The quantitative estimate of drug-likeness (QED) is 0.929. The molecule has 0 saturated carbocycles. The molecule has 0 radical (unpaired) electrons. The smallest absolute Gasteiger partial charge is 0.310 e. The van der Waals surface area contributed by atoms with E-state index < -0.39 is 11.9 Å². The standard InChI is InChI=1S/C13H15BrO3/c1-13(7-17-8-13)6-11(12(15)16)9-2-4-10(14)5-3-9/h2-5,11H,6-8H2,1H3,(H,15,16). The summed E-state index contributed by atoms with van der Waals surface area (Å²) in [4.78, 5) is 11.4. The van der Waals surface area contributed by atoms with Gasteiger partial charge in [0.25, 0.3) is 0 Å². The molecule has 2 rings (SSSR count). The van der Waals surface area contributed by atoms with Crippen molar-refractivity contribution in [3.05, 3.63) is 34.3 Å². The van der Waals surface area contributed by atoms with Crippen molar-refractivity contribution in [1.82, 2.24) is 0 Å². The van der Waals surface area contributed by atoms with Crippen molar-refractivity contribution in [1.29, 1.82) is 0 Å². The first kappa shape index (κ1) is 12.6. The SMILES string of the molecule is CC1(CC(C(=O)O)c2ccc(Br)cc2)COC1. The number of carboxylic acid groups (broad SMARTS) is 1. The molecule has 0 aliphatic carbocycles. The van der Waals surface area contributed by atoms with Crippen LogP contribution in [0.25, 0.3) is 0 Å². The number of hydrogen-bond acceptors (Lipinski definition) is 2. The van der Waals surface area contributed by atoms with Crippen LogP contribution in [0.15, 0.2) is 28.7 Å². The summed E-state index contributed by atoms with van der Waals surface area (Å²) in [6.45, 7) is 3.39. The van der Waals surface area contributed by atoms with Gasteiger partial charge in [0.15, 0.2) is 0 Å². The largest absolute Gasteiger partial charge is 0.481 e. The predicted molar refractivity (Wildman–Crippen MR) is 68.1 cm³/mol. The van der Waals surface area contributed by atoms with Crippen LogP contribution in [0.4, 0.5) is 0 Å². The zero-order valence-corrected chi connectivity index (χ0v) is 11.2. The van der Waals surface area contributed by atoms with Crippen molar-refractivity contribution in [2.24, 2.45) is 5.41 Å². The summed E-state index contributed by atoms with van der Waals surface area (Å²) in [7, 11) is 0. The number of halogens is 1. The number of benzene rings is 1. The van der Waals surface area contributed by atoms with Crippen molar-refractivity contribution in [2.75, 3.05) is 13.2 Å². The molecular formula is C13H15BrO3. The van der Waals surface area contributed by atoms with E-state index in [1.807, 2.05) is 24.3 Å². The van der Waals surface area contributed by atoms with E-state index in [0.717, 1.165) is 10.0 Å². The normalized spacial score (nSPS) is 19.4. The summed E-state index contributed by atoms with van der Waals surface area (Å²) in [6.07, 6.45) is 0.629. The molecule has 0 amide bonds. The fourth-order valence-electron chi connectivity index (χ4n) is 2.10. The van der Waals surface area contributed by atoms with Crippen molar-refractivity contribution in [3.8, 4) is 0 Å². The van der Waals surface area contributed by atoms with Crippen LogP contribution in [0.5, 0.6) is 0 Å². The molecule has 4 heteroatoms. The fourth-order valence-corrected chi connectivity index (χ4v) is 2.37. The molecule has 1 saturated heterocycles. The molecule has 1 heterocycles. The number of rotatable bonds is 4. The van der Waals surface area contributed by atoms with Gasteiger partial charge in [0, 0.05) is 9.89 Å². The molecule has 1 atom stereocenters. The molecule has 1 unspecified atom stereocenters. The summed E-state index contributed by atoms with van der Waals surface area (Å²) >= 11 is 3.35. The Morgan fingerprint density at radius 3 is 2.47 bits per heavy atom. The lowest BCUT2D eigenvalue weighted by Gasteiger charge is -2.39. The number of ether oxygens (including phenoxy) is 1. The second-order valence-corrected chi connectivity index (χ2v) is 5.87. The molecule has 1 aliphatic heterocycles. The minimum Gasteiger partial charge on any atom is -0.481 e. The third-order valence-corrected chi connectivity index (χ3v) is 3.70. The zero-order valence-electron chi connectivity index (χ0n) is 9.65. The van der Waals surface area contributed by atoms with Crippen molar-refractivity contribution >= 4 is 21.9 Å². The molecule has 0 aromatic heterocycles. The molecule has 0 spiro atoms. The highest BCUT2D eigenvalue weighted by Crippen LogP contribution is 2.38. The minimum atomic E-state index is -0.763. The van der Waals surface area contributed by atoms with E-state index >= 15 is 0 Å². The summed E-state index contributed by atoms with van der Waals surface area (Å²) in [6, 6.07) is 7.49. The average molecular weight is 299 g/mol. The van der Waals surface area contributed by atoms with Gasteiger partial charge in [0.1, 0.15) is 0 Å². The van der Waals surface area contributed by atoms with Crippen molar-refractivity contribution < 1.29 is 14.6 Å². The van der Waals surface area contributed by atoms with Gasteiger partial charge in [-0.25, -0.2) is 0 Å². The molecule has 1 aromatic carbocycles. The number of hydrogen-bond donors (Lipinski definition) is 1. The lowest BCUT2D eigenvalue weighted by Crippen LogP contribution is -2.41. The van der Waals surface area contributed by atoms with E-state index in [0.29, 0.717) is 19.6 Å². The maximum atomic E-state index is 11.4. The molecule has 1 fully saturated rings. The number of aliphatic carboxylic acids is 1. The lowest BCUT2D eigenvalue weighted by atomic mass is 9.77. The van der Waals surface area contributed by atoms with Crippen LogP contribution >= 0.6 is 15.9 Å². The number of carboxylic acids is 1. The van der Waals surface area contributed by atoms with Gasteiger partial charge in [-0.3, -0.25) is 4.79 Å². The van der Waals surface area contributed by atoms with Crippen LogP contribution in [-0.2, 0) is 9.53 Å². The monoisotopic (exact) mass is 298 g/mol. The van der Waals surface area contributed by atoms with Gasteiger partial charge in [-0.05, 0) is 24.1 Å². The lowest BCUT2D eigenvalue weighted by molar-refractivity contribution is -0.145. The highest BCUT2D eigenvalue weighted by atomic mass is 79.9. The number of carbonyl (C=O) groups is 1. The van der Waals surface area contributed by atoms with Crippen molar-refractivity contribution in [3.63, 3.8) is 0 Å². The Balaban J connectivity index is 2.17. The second kappa shape index (κ2) is 4.78. The Bertz CT molecular complexity index is 409. The van der Waals surface area contributed by atoms with Crippen LogP contribution in [0.3, 0.4) is 0 Å². The first-order chi connectivity index (χ1) is 8.00. The molecule has 1 aromatic rings. The van der Waals surface area contributed by atoms with Crippen molar-refractivity contribution in [2.45, 2.75) is 19.3 Å². The van der Waals surface area contributed by atoms with Gasteiger partial charge < -0.3 is 9.84 Å². The van der Waals surface area contributed by atoms with Crippen LogP contribution in [-0.4, -0.2) is 24.3 Å². The summed E-state index contributed by atoms with van der Waals surface area (Å²) in [5.41, 5.74) is 0.865. The second-order valence-electron chi connectivity index (χ2n) is 4.95. The topological polar surface area (TPSA) is 46.5 Å². The van der Waals surface area contributed by atoms with E-state index in [9.17, 15) is 9.90 Å². The minimum absolute atomic E-state index is 0.0100. The zero-order chi connectivity index (χ0) is 12.5.